The molecular weight excluding hydrogens is 286 g/mol. The lowest BCUT2D eigenvalue weighted by molar-refractivity contribution is 1.25. The van der Waals surface area contributed by atoms with Crippen molar-refractivity contribution in [2.75, 3.05) is 0 Å². The number of rotatable bonds is 2. The van der Waals surface area contributed by atoms with Gasteiger partial charge in [-0.2, -0.15) is 4.99 Å². The number of aliphatic imine (C=N–C) groups is 1. The summed E-state index contributed by atoms with van der Waals surface area (Å²) in [7, 11) is 0. The maximum atomic E-state index is 4.88. The number of hydrogen-bond donors (Lipinski definition) is 0. The Morgan fingerprint density at radius 2 is 1.50 bits per heavy atom. The largest absolute Gasteiger partial charge is 0.194 e. The summed E-state index contributed by atoms with van der Waals surface area (Å²) in [5.41, 5.74) is 8.39. The molecule has 0 aromatic heterocycles. The van der Waals surface area contributed by atoms with Gasteiger partial charge in [0, 0.05) is 12.0 Å². The van der Waals surface area contributed by atoms with Crippen LogP contribution in [0.15, 0.2) is 71.7 Å². The minimum atomic E-state index is 0.905. The fourth-order valence-corrected chi connectivity index (χ4v) is 3.31. The van der Waals surface area contributed by atoms with E-state index >= 15 is 0 Å². The van der Waals surface area contributed by atoms with Gasteiger partial charge in [-0.05, 0) is 40.0 Å². The molecule has 0 atom stereocenters. The lowest BCUT2D eigenvalue weighted by Gasteiger charge is -2.10. The molecule has 0 unspecified atom stereocenters. The maximum absolute atomic E-state index is 4.88. The molecule has 2 heteroatoms. The van der Waals surface area contributed by atoms with Crippen LogP contribution in [-0.2, 0) is 6.42 Å². The first-order valence-corrected chi connectivity index (χ1v) is 7.67. The Kier molecular flexibility index (Phi) is 3.19. The third-order valence-corrected chi connectivity index (χ3v) is 4.29. The van der Waals surface area contributed by atoms with Gasteiger partial charge in [0.1, 0.15) is 0 Å². The number of isothiocyanates is 1. The summed E-state index contributed by atoms with van der Waals surface area (Å²) in [6.45, 7) is 0. The van der Waals surface area contributed by atoms with Gasteiger partial charge in [0.15, 0.2) is 0 Å². The van der Waals surface area contributed by atoms with E-state index in [0.717, 1.165) is 23.2 Å². The Hall–Kier alpha value is -2.54. The van der Waals surface area contributed by atoms with Gasteiger partial charge < -0.3 is 0 Å². The molecule has 1 aliphatic carbocycles. The molecule has 4 rings (SSSR count). The second-order valence-electron chi connectivity index (χ2n) is 5.39. The van der Waals surface area contributed by atoms with E-state index in [1.165, 1.54) is 22.3 Å². The summed E-state index contributed by atoms with van der Waals surface area (Å²) in [6, 6.07) is 23.2. The Morgan fingerprint density at radius 1 is 0.773 bits per heavy atom. The predicted octanol–water partition coefficient (Wildman–Crippen LogP) is 5.66. The van der Waals surface area contributed by atoms with Crippen molar-refractivity contribution in [2.45, 2.75) is 6.42 Å². The van der Waals surface area contributed by atoms with E-state index in [-0.39, 0.29) is 0 Å². The molecule has 0 spiro atoms. The zero-order chi connectivity index (χ0) is 14.9. The second kappa shape index (κ2) is 5.34. The van der Waals surface area contributed by atoms with E-state index < -0.39 is 0 Å². The molecule has 0 fully saturated rings. The summed E-state index contributed by atoms with van der Waals surface area (Å²) in [6.07, 6.45) is 0.905. The van der Waals surface area contributed by atoms with E-state index in [1.807, 2.05) is 18.2 Å². The molecule has 22 heavy (non-hydrogen) atoms. The molecular formula is C20H13NS. The van der Waals surface area contributed by atoms with Gasteiger partial charge in [-0.15, -0.1) is 0 Å². The van der Waals surface area contributed by atoms with Crippen molar-refractivity contribution in [1.29, 1.82) is 0 Å². The fourth-order valence-electron chi connectivity index (χ4n) is 3.22. The molecule has 0 bridgehead atoms. The summed E-state index contributed by atoms with van der Waals surface area (Å²) in [5, 5.41) is 2.56. The van der Waals surface area contributed by atoms with Gasteiger partial charge in [0.25, 0.3) is 0 Å². The molecule has 0 aliphatic heterocycles. The molecule has 0 saturated carbocycles. The summed E-state index contributed by atoms with van der Waals surface area (Å²) in [5.74, 6) is 0. The monoisotopic (exact) mass is 299 g/mol. The highest BCUT2D eigenvalue weighted by molar-refractivity contribution is 7.78. The second-order valence-corrected chi connectivity index (χ2v) is 5.57. The van der Waals surface area contributed by atoms with Crippen molar-refractivity contribution >= 4 is 23.1 Å². The first kappa shape index (κ1) is 13.1. The van der Waals surface area contributed by atoms with Crippen LogP contribution in [0.5, 0.6) is 0 Å². The molecule has 3 aromatic carbocycles. The molecule has 1 nitrogen and oxygen atoms in total. The SMILES string of the molecule is S=C=Nc1c(-c2ccccc2)ccc2c1Cc1ccccc1-2. The molecule has 104 valence electrons. The number of thiocarbonyl (C=S) groups is 1. The summed E-state index contributed by atoms with van der Waals surface area (Å²) < 4.78 is 0. The number of hydrogen-bond acceptors (Lipinski definition) is 2. The Bertz CT molecular complexity index is 906. The molecule has 3 aromatic rings. The molecule has 0 saturated heterocycles. The van der Waals surface area contributed by atoms with E-state index in [4.69, 9.17) is 12.2 Å². The van der Waals surface area contributed by atoms with Crippen LogP contribution >= 0.6 is 12.2 Å². The van der Waals surface area contributed by atoms with Gasteiger partial charge in [-0.1, -0.05) is 66.7 Å². The van der Waals surface area contributed by atoms with Crippen LogP contribution in [-0.4, -0.2) is 5.16 Å². The lowest BCUT2D eigenvalue weighted by atomic mass is 9.96. The zero-order valence-corrected chi connectivity index (χ0v) is 12.7. The molecule has 1 aliphatic rings. The van der Waals surface area contributed by atoms with E-state index in [0.29, 0.717) is 0 Å². The van der Waals surface area contributed by atoms with Crippen molar-refractivity contribution in [3.8, 4) is 22.3 Å². The van der Waals surface area contributed by atoms with Crippen LogP contribution in [0.2, 0.25) is 0 Å². The third kappa shape index (κ3) is 2.01. The lowest BCUT2D eigenvalue weighted by Crippen LogP contribution is -1.87. The van der Waals surface area contributed by atoms with Crippen LogP contribution in [0.25, 0.3) is 22.3 Å². The van der Waals surface area contributed by atoms with Crippen molar-refractivity contribution < 1.29 is 0 Å². The van der Waals surface area contributed by atoms with Crippen LogP contribution < -0.4 is 0 Å². The van der Waals surface area contributed by atoms with E-state index in [2.05, 4.69) is 58.7 Å². The van der Waals surface area contributed by atoms with Gasteiger partial charge >= 0.3 is 0 Å². The van der Waals surface area contributed by atoms with Crippen molar-refractivity contribution in [2.24, 2.45) is 4.99 Å². The zero-order valence-electron chi connectivity index (χ0n) is 11.9. The minimum absolute atomic E-state index is 0.905. The molecule has 0 heterocycles. The smallest absolute Gasteiger partial charge is 0.0859 e. The molecule has 0 radical (unpaired) electrons. The van der Waals surface area contributed by atoms with Crippen molar-refractivity contribution in [3.05, 3.63) is 77.9 Å². The van der Waals surface area contributed by atoms with Gasteiger partial charge in [-0.3, -0.25) is 0 Å². The van der Waals surface area contributed by atoms with E-state index in [9.17, 15) is 0 Å². The predicted molar refractivity (Wildman–Crippen MR) is 94.8 cm³/mol. The number of nitrogens with zero attached hydrogens (tertiary/aromatic N) is 1. The van der Waals surface area contributed by atoms with Crippen LogP contribution in [0.3, 0.4) is 0 Å². The van der Waals surface area contributed by atoms with Crippen molar-refractivity contribution in [1.82, 2.24) is 0 Å². The van der Waals surface area contributed by atoms with Crippen molar-refractivity contribution in [3.63, 3.8) is 0 Å². The maximum Gasteiger partial charge on any atom is 0.0859 e. The summed E-state index contributed by atoms with van der Waals surface area (Å²) in [4.78, 5) is 4.40. The molecule has 0 amide bonds. The average molecular weight is 299 g/mol. The minimum Gasteiger partial charge on any atom is -0.194 e. The first-order chi connectivity index (χ1) is 10.9. The van der Waals surface area contributed by atoms with Gasteiger partial charge in [0.2, 0.25) is 0 Å². The Labute approximate surface area is 135 Å². The van der Waals surface area contributed by atoms with E-state index in [1.54, 1.807) is 0 Å². The highest BCUT2D eigenvalue weighted by Crippen LogP contribution is 2.45. The quantitative estimate of drug-likeness (QED) is 0.344. The third-order valence-electron chi connectivity index (χ3n) is 4.20. The van der Waals surface area contributed by atoms with Crippen LogP contribution in [0.4, 0.5) is 5.69 Å². The van der Waals surface area contributed by atoms with Gasteiger partial charge in [0.05, 0.1) is 10.8 Å². The topological polar surface area (TPSA) is 12.4 Å². The normalized spacial score (nSPS) is 11.5. The first-order valence-electron chi connectivity index (χ1n) is 7.26. The number of fused-ring (bicyclic) bond motifs is 3. The summed E-state index contributed by atoms with van der Waals surface area (Å²) >= 11 is 4.88. The van der Waals surface area contributed by atoms with Gasteiger partial charge in [-0.25, -0.2) is 0 Å². The van der Waals surface area contributed by atoms with Crippen LogP contribution in [0, 0.1) is 0 Å². The average Bonchev–Trinajstić information content (AvgIpc) is 2.95. The molecule has 0 N–H and O–H groups in total. The highest BCUT2D eigenvalue weighted by atomic mass is 32.1. The standard InChI is InChI=1S/C20H13NS/c22-13-21-20-17(14-6-2-1-3-7-14)10-11-18-16-9-5-4-8-15(16)12-19(18)20/h1-11H,12H2. The van der Waals surface area contributed by atoms with Crippen LogP contribution in [0.1, 0.15) is 11.1 Å². The number of benzene rings is 3. The Morgan fingerprint density at radius 3 is 2.32 bits per heavy atom. The highest BCUT2D eigenvalue weighted by Gasteiger charge is 2.22. The Balaban J connectivity index is 1.98. The fraction of sp³-hybridized carbons (Fsp3) is 0.0500.